The summed E-state index contributed by atoms with van der Waals surface area (Å²) in [5, 5.41) is 6.91. The summed E-state index contributed by atoms with van der Waals surface area (Å²) in [6, 6.07) is 9.99. The van der Waals surface area contributed by atoms with E-state index in [1.54, 1.807) is 24.4 Å². The van der Waals surface area contributed by atoms with Crippen LogP contribution in [0.3, 0.4) is 0 Å². The molecule has 39 heavy (non-hydrogen) atoms. The van der Waals surface area contributed by atoms with Gasteiger partial charge in [0, 0.05) is 49.7 Å². The first-order chi connectivity index (χ1) is 18.9. The highest BCUT2D eigenvalue weighted by Crippen LogP contribution is 2.30. The number of fused-ring (bicyclic) bond motifs is 1. The molecule has 0 spiro atoms. The van der Waals surface area contributed by atoms with E-state index >= 15 is 4.39 Å². The number of nitrogens with zero attached hydrogens (tertiary/aromatic N) is 7. The summed E-state index contributed by atoms with van der Waals surface area (Å²) in [7, 11) is 2.09. The van der Waals surface area contributed by atoms with Gasteiger partial charge in [-0.15, -0.1) is 10.2 Å². The largest absolute Gasteiger partial charge is 0.415 e. The minimum atomic E-state index is -2.86. The first-order valence-corrected chi connectivity index (χ1v) is 13.0. The van der Waals surface area contributed by atoms with Crippen LogP contribution in [-0.4, -0.2) is 62.9 Å². The molecule has 1 aliphatic rings. The monoisotopic (exact) mass is 553 g/mol. The second-order valence-electron chi connectivity index (χ2n) is 9.23. The van der Waals surface area contributed by atoms with Crippen molar-refractivity contribution >= 4 is 27.4 Å². The molecule has 6 rings (SSSR count). The number of pyridine rings is 2. The van der Waals surface area contributed by atoms with Crippen molar-refractivity contribution in [3.63, 3.8) is 0 Å². The lowest BCUT2D eigenvalue weighted by molar-refractivity contribution is 0.116. The number of anilines is 1. The van der Waals surface area contributed by atoms with Crippen LogP contribution in [0.15, 0.2) is 58.0 Å². The molecule has 0 N–H and O–H groups in total. The fourth-order valence-corrected chi connectivity index (χ4v) is 5.38. The zero-order valence-electron chi connectivity index (χ0n) is 20.7. The van der Waals surface area contributed by atoms with Crippen LogP contribution < -0.4 is 9.77 Å². The molecule has 13 heteroatoms. The van der Waals surface area contributed by atoms with E-state index in [1.165, 1.54) is 16.8 Å². The topological polar surface area (TPSA) is 93.2 Å². The molecule has 1 aliphatic heterocycles. The third kappa shape index (κ3) is 5.02. The number of hydrogen-bond donors (Lipinski definition) is 0. The predicted molar refractivity (Wildman–Crippen MR) is 141 cm³/mol. The molecule has 4 aromatic heterocycles. The van der Waals surface area contributed by atoms with Crippen molar-refractivity contribution in [3.05, 3.63) is 75.9 Å². The molecule has 1 fully saturated rings. The van der Waals surface area contributed by atoms with Gasteiger partial charge >= 0.3 is 11.3 Å². The van der Waals surface area contributed by atoms with Crippen LogP contribution in [0.1, 0.15) is 18.0 Å². The Balaban J connectivity index is 1.23. The lowest BCUT2D eigenvalue weighted by Crippen LogP contribution is -2.44. The molecule has 0 radical (unpaired) electrons. The van der Waals surface area contributed by atoms with Crippen molar-refractivity contribution in [2.75, 3.05) is 38.1 Å². The molecule has 9 nitrogen and oxygen atoms in total. The highest BCUT2D eigenvalue weighted by atomic mass is 32.1. The Labute approximate surface area is 224 Å². The zero-order chi connectivity index (χ0) is 27.1. The fourth-order valence-electron chi connectivity index (χ4n) is 4.47. The second-order valence-corrected chi connectivity index (χ2v) is 10.2. The normalized spacial score (nSPS) is 14.5. The Hall–Kier alpha value is -4.10. The van der Waals surface area contributed by atoms with E-state index in [-0.39, 0.29) is 17.3 Å². The molecule has 0 saturated carbocycles. The van der Waals surface area contributed by atoms with Gasteiger partial charge in [-0.2, -0.15) is 8.78 Å². The van der Waals surface area contributed by atoms with Crippen LogP contribution in [0.25, 0.3) is 32.8 Å². The highest BCUT2D eigenvalue weighted by molar-refractivity contribution is 7.16. The first-order valence-electron chi connectivity index (χ1n) is 12.2. The molecule has 200 valence electrons. The first kappa shape index (κ1) is 25.2. The lowest BCUT2D eigenvalue weighted by Gasteiger charge is -2.33. The minimum absolute atomic E-state index is 0.0804. The third-order valence-electron chi connectivity index (χ3n) is 6.66. The van der Waals surface area contributed by atoms with Crippen molar-refractivity contribution < 1.29 is 17.6 Å². The van der Waals surface area contributed by atoms with Gasteiger partial charge in [-0.1, -0.05) is 11.3 Å². The van der Waals surface area contributed by atoms with Crippen molar-refractivity contribution in [1.82, 2.24) is 29.6 Å². The number of thiazole rings is 1. The number of halogens is 3. The number of likely N-dealkylation sites (N-methyl/N-ethyl adjacent to an activating group) is 1. The van der Waals surface area contributed by atoms with Crippen molar-refractivity contribution in [1.29, 1.82) is 0 Å². The lowest BCUT2D eigenvalue weighted by atomic mass is 10.1. The maximum atomic E-state index is 15.3. The Morgan fingerprint density at radius 1 is 1.00 bits per heavy atom. The van der Waals surface area contributed by atoms with Gasteiger partial charge in [0.05, 0.1) is 28.0 Å². The van der Waals surface area contributed by atoms with Gasteiger partial charge in [-0.25, -0.2) is 9.37 Å². The maximum Gasteiger partial charge on any atom is 0.314 e. The number of piperazine rings is 1. The van der Waals surface area contributed by atoms with Crippen LogP contribution in [0.2, 0.25) is 0 Å². The molecular formula is C26H22F3N7O2S. The summed E-state index contributed by atoms with van der Waals surface area (Å²) in [5.41, 5.74) is 2.34. The molecule has 5 aromatic rings. The summed E-state index contributed by atoms with van der Waals surface area (Å²) in [6.45, 7) is 3.80. The molecule has 0 amide bonds. The van der Waals surface area contributed by atoms with Crippen molar-refractivity contribution in [2.24, 2.45) is 0 Å². The van der Waals surface area contributed by atoms with Gasteiger partial charge in [0.15, 0.2) is 0 Å². The molecule has 1 aromatic carbocycles. The summed E-state index contributed by atoms with van der Waals surface area (Å²) >= 11 is 1.02. The molecule has 0 atom stereocenters. The summed E-state index contributed by atoms with van der Waals surface area (Å²) in [5.74, 6) is -0.453. The van der Waals surface area contributed by atoms with E-state index in [9.17, 15) is 13.6 Å². The molecule has 5 heterocycles. The SMILES string of the molecule is CN1CCN(c2ccc(-c3cc4sc(=O)n(Cc5ccc(-c6nnc(C(F)F)o6)cn5)c4cc3F)cn2)CC1. The quantitative estimate of drug-likeness (QED) is 0.305. The standard InChI is InChI=1S/C26H22F3N7O2S/c1-34-6-8-35(9-7-34)22-5-3-15(12-31-22)18-10-21-20(11-19(18)27)36(26(37)39-21)14-17-4-2-16(13-30-17)24-32-33-25(38-24)23(28)29/h2-5,10-13,23H,6-9,14H2,1H3. The molecule has 0 bridgehead atoms. The number of aromatic nitrogens is 5. The predicted octanol–water partition coefficient (Wildman–Crippen LogP) is 4.45. The number of rotatable bonds is 6. The molecule has 0 unspecified atom stereocenters. The van der Waals surface area contributed by atoms with Crippen LogP contribution in [0.5, 0.6) is 0 Å². The Morgan fingerprint density at radius 2 is 1.77 bits per heavy atom. The van der Waals surface area contributed by atoms with Crippen molar-refractivity contribution in [3.8, 4) is 22.6 Å². The van der Waals surface area contributed by atoms with Gasteiger partial charge in [0.25, 0.3) is 5.89 Å². The van der Waals surface area contributed by atoms with Gasteiger partial charge in [-0.05, 0) is 43.4 Å². The number of hydrogen-bond acceptors (Lipinski definition) is 9. The summed E-state index contributed by atoms with van der Waals surface area (Å²) in [4.78, 5) is 25.9. The zero-order valence-corrected chi connectivity index (χ0v) is 21.5. The average Bonchev–Trinajstić information content (AvgIpc) is 3.55. The van der Waals surface area contributed by atoms with Gasteiger partial charge < -0.3 is 14.2 Å². The van der Waals surface area contributed by atoms with Crippen molar-refractivity contribution in [2.45, 2.75) is 13.0 Å². The van der Waals surface area contributed by atoms with E-state index in [0.29, 0.717) is 32.6 Å². The minimum Gasteiger partial charge on any atom is -0.415 e. The van der Waals surface area contributed by atoms with Crippen LogP contribution in [-0.2, 0) is 6.54 Å². The maximum absolute atomic E-state index is 15.3. The van der Waals surface area contributed by atoms with Crippen LogP contribution in [0.4, 0.5) is 19.0 Å². The Morgan fingerprint density at radius 3 is 2.44 bits per heavy atom. The van der Waals surface area contributed by atoms with Crippen LogP contribution in [0, 0.1) is 5.82 Å². The number of alkyl halides is 2. The smallest absolute Gasteiger partial charge is 0.314 e. The fraction of sp³-hybridized carbons (Fsp3) is 0.269. The van der Waals surface area contributed by atoms with E-state index in [4.69, 9.17) is 4.42 Å². The Kier molecular flexibility index (Phi) is 6.61. The second kappa shape index (κ2) is 10.2. The molecule has 1 saturated heterocycles. The summed E-state index contributed by atoms with van der Waals surface area (Å²) < 4.78 is 47.7. The molecule has 0 aliphatic carbocycles. The van der Waals surface area contributed by atoms with Gasteiger partial charge in [-0.3, -0.25) is 14.3 Å². The van der Waals surface area contributed by atoms with E-state index in [2.05, 4.69) is 37.0 Å². The van der Waals surface area contributed by atoms with Gasteiger partial charge in [0.1, 0.15) is 11.6 Å². The third-order valence-corrected chi connectivity index (χ3v) is 7.60. The Bertz CT molecular complexity index is 1680. The highest BCUT2D eigenvalue weighted by Gasteiger charge is 2.19. The van der Waals surface area contributed by atoms with Gasteiger partial charge in [0.2, 0.25) is 5.89 Å². The molecular weight excluding hydrogens is 531 g/mol. The van der Waals surface area contributed by atoms with E-state index in [0.717, 1.165) is 43.3 Å². The van der Waals surface area contributed by atoms with E-state index in [1.807, 2.05) is 12.1 Å². The van der Waals surface area contributed by atoms with E-state index < -0.39 is 18.1 Å². The number of benzene rings is 1. The average molecular weight is 554 g/mol. The summed E-state index contributed by atoms with van der Waals surface area (Å²) in [6.07, 6.45) is 0.197. The van der Waals surface area contributed by atoms with Crippen LogP contribution >= 0.6 is 11.3 Å².